The molecule has 104 valence electrons. The van der Waals surface area contributed by atoms with E-state index in [9.17, 15) is 4.79 Å². The number of hydrogen-bond acceptors (Lipinski definition) is 3. The highest BCUT2D eigenvalue weighted by Crippen LogP contribution is 2.06. The summed E-state index contributed by atoms with van der Waals surface area (Å²) in [4.78, 5) is 11.9. The standard InChI is InChI=1S/C15H22N2O2/c1-2-3-12-4-6-13(7-5-12)10-17-15(18)14-11-19-9-8-16-14/h4-7,14,16H,2-3,8-11H2,1H3,(H,17,18). The molecule has 1 heterocycles. The smallest absolute Gasteiger partial charge is 0.239 e. The number of nitrogens with one attached hydrogen (secondary N) is 2. The minimum absolute atomic E-state index is 0.0114. The van der Waals surface area contributed by atoms with Gasteiger partial charge in [-0.1, -0.05) is 37.6 Å². The van der Waals surface area contributed by atoms with Crippen molar-refractivity contribution in [3.8, 4) is 0 Å². The molecule has 1 unspecified atom stereocenters. The lowest BCUT2D eigenvalue weighted by Crippen LogP contribution is -2.51. The van der Waals surface area contributed by atoms with Crippen LogP contribution in [-0.4, -0.2) is 31.7 Å². The number of hydrogen-bond donors (Lipinski definition) is 2. The van der Waals surface area contributed by atoms with Crippen LogP contribution < -0.4 is 10.6 Å². The molecule has 4 heteroatoms. The van der Waals surface area contributed by atoms with Gasteiger partial charge in [-0.05, 0) is 17.5 Å². The quantitative estimate of drug-likeness (QED) is 0.839. The molecule has 1 fully saturated rings. The van der Waals surface area contributed by atoms with Gasteiger partial charge in [-0.25, -0.2) is 0 Å². The Morgan fingerprint density at radius 1 is 1.37 bits per heavy atom. The van der Waals surface area contributed by atoms with Crippen LogP contribution >= 0.6 is 0 Å². The Kier molecular flexibility index (Phi) is 5.36. The van der Waals surface area contributed by atoms with Gasteiger partial charge in [0, 0.05) is 13.1 Å². The van der Waals surface area contributed by atoms with Crippen LogP contribution in [0.4, 0.5) is 0 Å². The molecular weight excluding hydrogens is 240 g/mol. The molecule has 0 radical (unpaired) electrons. The molecular formula is C15H22N2O2. The Morgan fingerprint density at radius 3 is 2.74 bits per heavy atom. The number of carbonyl (C=O) groups is 1. The van der Waals surface area contributed by atoms with Crippen LogP contribution in [0.25, 0.3) is 0 Å². The van der Waals surface area contributed by atoms with Gasteiger partial charge >= 0.3 is 0 Å². The minimum Gasteiger partial charge on any atom is -0.378 e. The molecule has 0 saturated carbocycles. The summed E-state index contributed by atoms with van der Waals surface area (Å²) >= 11 is 0. The predicted octanol–water partition coefficient (Wildman–Crippen LogP) is 1.24. The van der Waals surface area contributed by atoms with E-state index < -0.39 is 0 Å². The van der Waals surface area contributed by atoms with Gasteiger partial charge in [-0.3, -0.25) is 4.79 Å². The van der Waals surface area contributed by atoms with Gasteiger partial charge in [0.1, 0.15) is 6.04 Å². The van der Waals surface area contributed by atoms with Crippen molar-refractivity contribution in [1.29, 1.82) is 0 Å². The number of benzene rings is 1. The lowest BCUT2D eigenvalue weighted by Gasteiger charge is -2.22. The van der Waals surface area contributed by atoms with Crippen LogP contribution in [0, 0.1) is 0 Å². The molecule has 1 aromatic rings. The second kappa shape index (κ2) is 7.26. The summed E-state index contributed by atoms with van der Waals surface area (Å²) in [5.41, 5.74) is 2.48. The fraction of sp³-hybridized carbons (Fsp3) is 0.533. The number of ether oxygens (including phenoxy) is 1. The molecule has 1 aromatic carbocycles. The number of amides is 1. The molecule has 0 aliphatic carbocycles. The first-order valence-electron chi connectivity index (χ1n) is 6.96. The molecule has 1 aliphatic heterocycles. The number of carbonyl (C=O) groups excluding carboxylic acids is 1. The highest BCUT2D eigenvalue weighted by Gasteiger charge is 2.20. The highest BCUT2D eigenvalue weighted by molar-refractivity contribution is 5.81. The average molecular weight is 262 g/mol. The average Bonchev–Trinajstić information content (AvgIpc) is 2.47. The van der Waals surface area contributed by atoms with E-state index in [1.807, 2.05) is 0 Å². The zero-order valence-electron chi connectivity index (χ0n) is 11.4. The van der Waals surface area contributed by atoms with E-state index in [-0.39, 0.29) is 11.9 Å². The first-order chi connectivity index (χ1) is 9.29. The Balaban J connectivity index is 1.79. The fourth-order valence-electron chi connectivity index (χ4n) is 2.16. The first kappa shape index (κ1) is 14.0. The van der Waals surface area contributed by atoms with Crippen molar-refractivity contribution in [2.45, 2.75) is 32.4 Å². The first-order valence-corrected chi connectivity index (χ1v) is 6.96. The van der Waals surface area contributed by atoms with E-state index in [1.165, 1.54) is 5.56 Å². The van der Waals surface area contributed by atoms with Crippen LogP contribution in [0.15, 0.2) is 24.3 Å². The van der Waals surface area contributed by atoms with Crippen molar-refractivity contribution >= 4 is 5.91 Å². The van der Waals surface area contributed by atoms with Crippen molar-refractivity contribution in [3.63, 3.8) is 0 Å². The normalized spacial score (nSPS) is 19.1. The van der Waals surface area contributed by atoms with Crippen molar-refractivity contribution < 1.29 is 9.53 Å². The summed E-state index contributed by atoms with van der Waals surface area (Å²) in [6, 6.07) is 8.21. The maximum absolute atomic E-state index is 11.9. The Bertz CT molecular complexity index is 397. The summed E-state index contributed by atoms with van der Waals surface area (Å²) in [7, 11) is 0. The number of aryl methyl sites for hydroxylation is 1. The lowest BCUT2D eigenvalue weighted by atomic mass is 10.1. The molecule has 4 nitrogen and oxygen atoms in total. The Labute approximate surface area is 114 Å². The molecule has 0 aromatic heterocycles. The van der Waals surface area contributed by atoms with Gasteiger partial charge in [-0.15, -0.1) is 0 Å². The van der Waals surface area contributed by atoms with Crippen molar-refractivity contribution in [3.05, 3.63) is 35.4 Å². The van der Waals surface area contributed by atoms with Gasteiger partial charge in [-0.2, -0.15) is 0 Å². The van der Waals surface area contributed by atoms with Crippen molar-refractivity contribution in [2.75, 3.05) is 19.8 Å². The highest BCUT2D eigenvalue weighted by atomic mass is 16.5. The monoisotopic (exact) mass is 262 g/mol. The second-order valence-electron chi connectivity index (χ2n) is 4.87. The largest absolute Gasteiger partial charge is 0.378 e. The Hall–Kier alpha value is -1.39. The predicted molar refractivity (Wildman–Crippen MR) is 74.9 cm³/mol. The molecule has 2 N–H and O–H groups in total. The molecule has 1 saturated heterocycles. The third-order valence-electron chi connectivity index (χ3n) is 3.27. The summed E-state index contributed by atoms with van der Waals surface area (Å²) in [5.74, 6) is 0.0114. The molecule has 1 aliphatic rings. The summed E-state index contributed by atoms with van der Waals surface area (Å²) < 4.78 is 5.27. The van der Waals surface area contributed by atoms with Crippen LogP contribution in [0.3, 0.4) is 0 Å². The van der Waals surface area contributed by atoms with Crippen LogP contribution in [0.1, 0.15) is 24.5 Å². The van der Waals surface area contributed by atoms with E-state index >= 15 is 0 Å². The fourth-order valence-corrected chi connectivity index (χ4v) is 2.16. The third-order valence-corrected chi connectivity index (χ3v) is 3.27. The zero-order valence-corrected chi connectivity index (χ0v) is 11.4. The third kappa shape index (κ3) is 4.33. The van der Waals surface area contributed by atoms with Crippen molar-refractivity contribution in [2.24, 2.45) is 0 Å². The van der Waals surface area contributed by atoms with Crippen LogP contribution in [0.5, 0.6) is 0 Å². The summed E-state index contributed by atoms with van der Waals surface area (Å²) in [6.45, 7) is 4.63. The molecule has 1 atom stereocenters. The van der Waals surface area contributed by atoms with Gasteiger partial charge in [0.15, 0.2) is 0 Å². The second-order valence-corrected chi connectivity index (χ2v) is 4.87. The summed E-state index contributed by atoms with van der Waals surface area (Å²) in [6.07, 6.45) is 2.26. The van der Waals surface area contributed by atoms with E-state index in [0.29, 0.717) is 19.8 Å². The van der Waals surface area contributed by atoms with E-state index in [4.69, 9.17) is 4.74 Å². The molecule has 0 spiro atoms. The number of rotatable bonds is 5. The maximum Gasteiger partial charge on any atom is 0.239 e. The Morgan fingerprint density at radius 2 is 2.11 bits per heavy atom. The van der Waals surface area contributed by atoms with Gasteiger partial charge < -0.3 is 15.4 Å². The van der Waals surface area contributed by atoms with Gasteiger partial charge in [0.2, 0.25) is 5.91 Å². The molecule has 1 amide bonds. The summed E-state index contributed by atoms with van der Waals surface area (Å²) in [5, 5.41) is 6.08. The van der Waals surface area contributed by atoms with Gasteiger partial charge in [0.05, 0.1) is 13.2 Å². The molecule has 2 rings (SSSR count). The molecule has 0 bridgehead atoms. The van der Waals surface area contributed by atoms with E-state index in [1.54, 1.807) is 0 Å². The van der Waals surface area contributed by atoms with Crippen LogP contribution in [-0.2, 0) is 22.5 Å². The van der Waals surface area contributed by atoms with Gasteiger partial charge in [0.25, 0.3) is 0 Å². The molecule has 19 heavy (non-hydrogen) atoms. The lowest BCUT2D eigenvalue weighted by molar-refractivity contribution is -0.126. The maximum atomic E-state index is 11.9. The topological polar surface area (TPSA) is 50.4 Å². The zero-order chi connectivity index (χ0) is 13.5. The van der Waals surface area contributed by atoms with Crippen molar-refractivity contribution in [1.82, 2.24) is 10.6 Å². The SMILES string of the molecule is CCCc1ccc(CNC(=O)C2COCCN2)cc1. The van der Waals surface area contributed by atoms with Crippen LogP contribution in [0.2, 0.25) is 0 Å². The number of morpholine rings is 1. The van der Waals surface area contributed by atoms with E-state index in [2.05, 4.69) is 41.8 Å². The van der Waals surface area contributed by atoms with E-state index in [0.717, 1.165) is 24.9 Å². The minimum atomic E-state index is -0.215.